The maximum Gasteiger partial charge on any atom is 0.257 e. The van der Waals surface area contributed by atoms with Gasteiger partial charge < -0.3 is 15.1 Å². The van der Waals surface area contributed by atoms with Gasteiger partial charge in [0.2, 0.25) is 5.91 Å². The SMILES string of the molecule is Cc1cccc(F)c1C(=O)N1[C@@H]2CCC[C@@H]2C[C@H](C(=O)N2CCc3cc(Cl)ccc3C2)[C@@H]1c1ccc(NC2CCCC2)cc1. The maximum absolute atomic E-state index is 15.4. The molecule has 4 atom stereocenters. The Labute approximate surface area is 264 Å². The lowest BCUT2D eigenvalue weighted by Gasteiger charge is -2.49. The van der Waals surface area contributed by atoms with Crippen LogP contribution in [0.2, 0.25) is 5.02 Å². The van der Waals surface area contributed by atoms with Crippen molar-refractivity contribution in [2.75, 3.05) is 11.9 Å². The third-order valence-corrected chi connectivity index (χ3v) is 10.9. The second-order valence-electron chi connectivity index (χ2n) is 13.4. The Morgan fingerprint density at radius 1 is 0.932 bits per heavy atom. The standard InChI is InChI=1S/C37H41ClFN3O2/c1-23-6-4-10-32(39)34(23)37(44)42-33-11-5-7-26(33)21-31(36(43)41-19-18-25-20-28(38)15-12-27(25)22-41)35(42)24-13-16-30(17-14-24)40-29-8-2-3-9-29/h4,6,10,12-17,20,26,29,31,33,35,40H,2-3,5,7-9,11,18-19,21-22H2,1H3/t26-,31+,33-,35+/m1/s1. The predicted octanol–water partition coefficient (Wildman–Crippen LogP) is 8.10. The summed E-state index contributed by atoms with van der Waals surface area (Å²) in [5, 5.41) is 4.38. The normalized spacial score (nSPS) is 25.1. The molecule has 3 aromatic carbocycles. The molecule has 0 radical (unpaired) electrons. The van der Waals surface area contributed by atoms with E-state index in [-0.39, 0.29) is 29.3 Å². The third-order valence-electron chi connectivity index (χ3n) is 10.7. The minimum atomic E-state index is -0.501. The number of amides is 2. The van der Waals surface area contributed by atoms with E-state index in [9.17, 15) is 9.59 Å². The molecule has 0 spiro atoms. The van der Waals surface area contributed by atoms with Crippen molar-refractivity contribution in [2.24, 2.45) is 11.8 Å². The van der Waals surface area contributed by atoms with Crippen LogP contribution in [0, 0.1) is 24.6 Å². The summed E-state index contributed by atoms with van der Waals surface area (Å²) in [7, 11) is 0. The first-order valence-corrected chi connectivity index (χ1v) is 16.8. The van der Waals surface area contributed by atoms with Crippen LogP contribution in [-0.4, -0.2) is 40.2 Å². The summed E-state index contributed by atoms with van der Waals surface area (Å²) in [6.45, 7) is 2.95. The largest absolute Gasteiger partial charge is 0.382 e. The van der Waals surface area contributed by atoms with E-state index >= 15 is 4.39 Å². The van der Waals surface area contributed by atoms with E-state index < -0.39 is 17.8 Å². The van der Waals surface area contributed by atoms with Gasteiger partial charge in [-0.1, -0.05) is 61.2 Å². The molecule has 7 rings (SSSR count). The van der Waals surface area contributed by atoms with E-state index in [1.54, 1.807) is 19.1 Å². The van der Waals surface area contributed by atoms with Gasteiger partial charge in [-0.25, -0.2) is 4.39 Å². The van der Waals surface area contributed by atoms with Crippen LogP contribution in [0.3, 0.4) is 0 Å². The van der Waals surface area contributed by atoms with Crippen molar-refractivity contribution in [1.82, 2.24) is 9.80 Å². The zero-order valence-corrected chi connectivity index (χ0v) is 26.2. The maximum atomic E-state index is 15.4. The molecule has 2 aliphatic heterocycles. The Balaban J connectivity index is 1.27. The molecule has 2 saturated carbocycles. The molecular formula is C37H41ClFN3O2. The summed E-state index contributed by atoms with van der Waals surface area (Å²) in [6, 6.07) is 19.1. The van der Waals surface area contributed by atoms with Crippen LogP contribution in [-0.2, 0) is 17.8 Å². The molecule has 2 aliphatic carbocycles. The van der Waals surface area contributed by atoms with Crippen LogP contribution in [0.25, 0.3) is 0 Å². The van der Waals surface area contributed by atoms with Gasteiger partial charge in [0.05, 0.1) is 17.5 Å². The fraction of sp³-hybridized carbons (Fsp3) is 0.459. The zero-order chi connectivity index (χ0) is 30.4. The summed E-state index contributed by atoms with van der Waals surface area (Å²) in [4.78, 5) is 33.0. The van der Waals surface area contributed by atoms with Crippen LogP contribution < -0.4 is 5.32 Å². The lowest BCUT2D eigenvalue weighted by atomic mass is 9.75. The van der Waals surface area contributed by atoms with E-state index in [1.165, 1.54) is 37.3 Å². The van der Waals surface area contributed by atoms with Crippen LogP contribution in [0.15, 0.2) is 60.7 Å². The highest BCUT2D eigenvalue weighted by atomic mass is 35.5. The van der Waals surface area contributed by atoms with E-state index in [2.05, 4.69) is 29.6 Å². The fourth-order valence-corrected chi connectivity index (χ4v) is 8.67. The highest BCUT2D eigenvalue weighted by molar-refractivity contribution is 6.30. The minimum Gasteiger partial charge on any atom is -0.382 e. The Hall–Kier alpha value is -3.38. The second kappa shape index (κ2) is 12.2. The highest BCUT2D eigenvalue weighted by Gasteiger charge is 2.51. The van der Waals surface area contributed by atoms with Gasteiger partial charge in [0.25, 0.3) is 5.91 Å². The number of carbonyl (C=O) groups excluding carboxylic acids is 2. The number of rotatable bonds is 5. The van der Waals surface area contributed by atoms with Crippen molar-refractivity contribution in [3.05, 3.63) is 99.3 Å². The number of carbonyl (C=O) groups is 2. The van der Waals surface area contributed by atoms with Crippen molar-refractivity contribution in [2.45, 2.75) is 89.4 Å². The molecule has 0 bridgehead atoms. The quantitative estimate of drug-likeness (QED) is 0.316. The number of hydrogen-bond acceptors (Lipinski definition) is 3. The van der Waals surface area contributed by atoms with Gasteiger partial charge in [-0.3, -0.25) is 9.59 Å². The van der Waals surface area contributed by atoms with Gasteiger partial charge in [-0.15, -0.1) is 0 Å². The predicted molar refractivity (Wildman–Crippen MR) is 172 cm³/mol. The smallest absolute Gasteiger partial charge is 0.257 e. The summed E-state index contributed by atoms with van der Waals surface area (Å²) in [5.41, 5.74) is 5.07. The number of likely N-dealkylation sites (tertiary alicyclic amines) is 1. The monoisotopic (exact) mass is 613 g/mol. The first kappa shape index (κ1) is 29.3. The molecular weight excluding hydrogens is 573 g/mol. The topological polar surface area (TPSA) is 52.7 Å². The number of fused-ring (bicyclic) bond motifs is 2. The molecule has 0 aromatic heterocycles. The van der Waals surface area contributed by atoms with Crippen molar-refractivity contribution in [1.29, 1.82) is 0 Å². The Kier molecular flexibility index (Phi) is 8.13. The third kappa shape index (κ3) is 5.51. The van der Waals surface area contributed by atoms with Gasteiger partial charge in [0.1, 0.15) is 5.82 Å². The van der Waals surface area contributed by atoms with Gasteiger partial charge in [0, 0.05) is 35.9 Å². The van der Waals surface area contributed by atoms with Crippen LogP contribution in [0.5, 0.6) is 0 Å². The molecule has 3 aromatic rings. The van der Waals surface area contributed by atoms with Gasteiger partial charge in [0.15, 0.2) is 0 Å². The summed E-state index contributed by atoms with van der Waals surface area (Å²) < 4.78 is 15.4. The summed E-state index contributed by atoms with van der Waals surface area (Å²) in [6.07, 6.45) is 9.22. The van der Waals surface area contributed by atoms with E-state index in [0.717, 1.165) is 48.9 Å². The number of benzene rings is 3. The number of anilines is 1. The van der Waals surface area contributed by atoms with Gasteiger partial charge in [-0.2, -0.15) is 0 Å². The number of piperidine rings is 1. The molecule has 1 saturated heterocycles. The Morgan fingerprint density at radius 2 is 1.73 bits per heavy atom. The van der Waals surface area contributed by atoms with E-state index in [4.69, 9.17) is 11.6 Å². The molecule has 3 fully saturated rings. The van der Waals surface area contributed by atoms with Crippen molar-refractivity contribution in [3.63, 3.8) is 0 Å². The molecule has 230 valence electrons. The van der Waals surface area contributed by atoms with Crippen LogP contribution in [0.4, 0.5) is 10.1 Å². The van der Waals surface area contributed by atoms with Crippen LogP contribution >= 0.6 is 11.6 Å². The Bertz CT molecular complexity index is 1530. The lowest BCUT2D eigenvalue weighted by molar-refractivity contribution is -0.142. The molecule has 2 amide bonds. The zero-order valence-electron chi connectivity index (χ0n) is 25.4. The van der Waals surface area contributed by atoms with Crippen molar-refractivity contribution < 1.29 is 14.0 Å². The number of aryl methyl sites for hydroxylation is 1. The second-order valence-corrected chi connectivity index (χ2v) is 13.8. The van der Waals surface area contributed by atoms with Crippen LogP contribution in [0.1, 0.15) is 90.0 Å². The molecule has 44 heavy (non-hydrogen) atoms. The number of hydrogen-bond donors (Lipinski definition) is 1. The lowest BCUT2D eigenvalue weighted by Crippen LogP contribution is -2.55. The van der Waals surface area contributed by atoms with E-state index in [0.29, 0.717) is 29.7 Å². The van der Waals surface area contributed by atoms with Crippen molar-refractivity contribution in [3.8, 4) is 0 Å². The van der Waals surface area contributed by atoms with Gasteiger partial charge >= 0.3 is 0 Å². The molecule has 5 nitrogen and oxygen atoms in total. The highest BCUT2D eigenvalue weighted by Crippen LogP contribution is 2.49. The first-order chi connectivity index (χ1) is 21.4. The minimum absolute atomic E-state index is 0.0175. The molecule has 0 unspecified atom stereocenters. The molecule has 2 heterocycles. The average Bonchev–Trinajstić information content (AvgIpc) is 3.72. The van der Waals surface area contributed by atoms with Crippen molar-refractivity contribution >= 4 is 29.1 Å². The van der Waals surface area contributed by atoms with E-state index in [1.807, 2.05) is 28.0 Å². The average molecular weight is 614 g/mol. The molecule has 4 aliphatic rings. The number of halogens is 2. The fourth-order valence-electron chi connectivity index (χ4n) is 8.48. The molecule has 7 heteroatoms. The summed E-state index contributed by atoms with van der Waals surface area (Å²) >= 11 is 6.26. The van der Waals surface area contributed by atoms with Gasteiger partial charge in [-0.05, 0) is 104 Å². The Morgan fingerprint density at radius 3 is 2.50 bits per heavy atom. The molecule has 1 N–H and O–H groups in total. The summed E-state index contributed by atoms with van der Waals surface area (Å²) in [5.74, 6) is -0.911. The first-order valence-electron chi connectivity index (χ1n) is 16.4. The number of nitrogens with one attached hydrogen (secondary N) is 1. The number of nitrogens with zero attached hydrogens (tertiary/aromatic N) is 2.